The fourth-order valence-electron chi connectivity index (χ4n) is 1.15. The second kappa shape index (κ2) is 3.62. The van der Waals surface area contributed by atoms with Crippen LogP contribution in [0.5, 0.6) is 0 Å². The van der Waals surface area contributed by atoms with Crippen molar-refractivity contribution in [3.05, 3.63) is 5.82 Å². The summed E-state index contributed by atoms with van der Waals surface area (Å²) in [5.74, 6) is 0.722. The third kappa shape index (κ3) is 1.61. The van der Waals surface area contributed by atoms with Crippen LogP contribution in [0.15, 0.2) is 0 Å². The van der Waals surface area contributed by atoms with Gasteiger partial charge in [-0.3, -0.25) is 0 Å². The molecule has 0 radical (unpaired) electrons. The number of rotatable bonds is 3. The van der Waals surface area contributed by atoms with Gasteiger partial charge in [-0.2, -0.15) is 0 Å². The van der Waals surface area contributed by atoms with Crippen molar-refractivity contribution in [1.82, 2.24) is 20.2 Å². The molecule has 0 aromatic carbocycles. The zero-order valence-electron chi connectivity index (χ0n) is 7.60. The summed E-state index contributed by atoms with van der Waals surface area (Å²) in [5.41, 5.74) is 0. The molecule has 0 saturated heterocycles. The van der Waals surface area contributed by atoms with E-state index in [9.17, 15) is 5.11 Å². The lowest BCUT2D eigenvalue weighted by Crippen LogP contribution is -2.18. The van der Waals surface area contributed by atoms with Gasteiger partial charge in [-0.25, -0.2) is 4.68 Å². The Morgan fingerprint density at radius 1 is 1.58 bits per heavy atom. The number of tetrazole rings is 1. The van der Waals surface area contributed by atoms with Crippen molar-refractivity contribution < 1.29 is 5.11 Å². The van der Waals surface area contributed by atoms with E-state index >= 15 is 0 Å². The van der Waals surface area contributed by atoms with Gasteiger partial charge in [0.05, 0.1) is 6.10 Å². The SMILES string of the molecule is CCC(O)C(C)c1nnnn1C. The van der Waals surface area contributed by atoms with Crippen LogP contribution >= 0.6 is 0 Å². The number of hydrogen-bond acceptors (Lipinski definition) is 4. The molecule has 1 rings (SSSR count). The van der Waals surface area contributed by atoms with Crippen molar-refractivity contribution in [3.63, 3.8) is 0 Å². The van der Waals surface area contributed by atoms with Crippen LogP contribution in [0.4, 0.5) is 0 Å². The first-order valence-corrected chi connectivity index (χ1v) is 4.07. The van der Waals surface area contributed by atoms with E-state index in [-0.39, 0.29) is 12.0 Å². The Hall–Kier alpha value is -0.970. The molecule has 68 valence electrons. The number of aryl methyl sites for hydroxylation is 1. The van der Waals surface area contributed by atoms with Crippen molar-refractivity contribution in [3.8, 4) is 0 Å². The Morgan fingerprint density at radius 2 is 2.25 bits per heavy atom. The molecule has 1 aromatic heterocycles. The molecule has 0 fully saturated rings. The van der Waals surface area contributed by atoms with Gasteiger partial charge in [0.1, 0.15) is 0 Å². The molecular formula is C7H14N4O. The summed E-state index contributed by atoms with van der Waals surface area (Å²) in [6.45, 7) is 3.85. The summed E-state index contributed by atoms with van der Waals surface area (Å²) in [7, 11) is 1.77. The number of aromatic nitrogens is 4. The molecule has 1 aromatic rings. The molecule has 2 atom stereocenters. The standard InChI is InChI=1S/C7H14N4O/c1-4-6(12)5(2)7-8-9-10-11(7)3/h5-6,12H,4H2,1-3H3. The Balaban J connectivity index is 2.77. The van der Waals surface area contributed by atoms with Crippen molar-refractivity contribution in [2.24, 2.45) is 7.05 Å². The van der Waals surface area contributed by atoms with E-state index in [2.05, 4.69) is 15.5 Å². The van der Waals surface area contributed by atoms with Crippen LogP contribution in [0.1, 0.15) is 32.0 Å². The minimum atomic E-state index is -0.366. The molecule has 1 N–H and O–H groups in total. The van der Waals surface area contributed by atoms with Crippen molar-refractivity contribution in [2.75, 3.05) is 0 Å². The van der Waals surface area contributed by atoms with Gasteiger partial charge in [0.15, 0.2) is 5.82 Å². The van der Waals surface area contributed by atoms with E-state index in [1.54, 1.807) is 11.7 Å². The molecule has 0 saturated carbocycles. The fourth-order valence-corrected chi connectivity index (χ4v) is 1.15. The maximum atomic E-state index is 9.51. The second-order valence-corrected chi connectivity index (χ2v) is 2.92. The Labute approximate surface area is 71.4 Å². The van der Waals surface area contributed by atoms with Crippen LogP contribution in [0, 0.1) is 0 Å². The first-order chi connectivity index (χ1) is 5.66. The summed E-state index contributed by atoms with van der Waals surface area (Å²) in [6, 6.07) is 0. The van der Waals surface area contributed by atoms with Crippen molar-refractivity contribution >= 4 is 0 Å². The molecule has 0 aliphatic carbocycles. The smallest absolute Gasteiger partial charge is 0.156 e. The minimum absolute atomic E-state index is 0.00463. The average molecular weight is 170 g/mol. The zero-order valence-corrected chi connectivity index (χ0v) is 7.60. The number of aliphatic hydroxyl groups is 1. The van der Waals surface area contributed by atoms with Gasteiger partial charge >= 0.3 is 0 Å². The molecule has 5 nitrogen and oxygen atoms in total. The Kier molecular flexibility index (Phi) is 2.75. The molecule has 12 heavy (non-hydrogen) atoms. The highest BCUT2D eigenvalue weighted by Gasteiger charge is 2.19. The quantitative estimate of drug-likeness (QED) is 0.698. The third-order valence-electron chi connectivity index (χ3n) is 2.06. The fraction of sp³-hybridized carbons (Fsp3) is 0.857. The predicted molar refractivity (Wildman–Crippen MR) is 43.5 cm³/mol. The molecule has 1 heterocycles. The van der Waals surface area contributed by atoms with Crippen LogP contribution in [0.3, 0.4) is 0 Å². The van der Waals surface area contributed by atoms with Crippen LogP contribution in [0.2, 0.25) is 0 Å². The van der Waals surface area contributed by atoms with E-state index in [1.165, 1.54) is 0 Å². The number of hydrogen-bond donors (Lipinski definition) is 1. The molecule has 2 unspecified atom stereocenters. The van der Waals surface area contributed by atoms with Crippen molar-refractivity contribution in [2.45, 2.75) is 32.3 Å². The zero-order chi connectivity index (χ0) is 9.14. The van der Waals surface area contributed by atoms with E-state index in [0.29, 0.717) is 6.42 Å². The first-order valence-electron chi connectivity index (χ1n) is 4.07. The molecule has 5 heteroatoms. The summed E-state index contributed by atoms with van der Waals surface area (Å²) in [6.07, 6.45) is 0.350. The van der Waals surface area contributed by atoms with Crippen LogP contribution in [-0.4, -0.2) is 31.4 Å². The monoisotopic (exact) mass is 170 g/mol. The summed E-state index contributed by atoms with van der Waals surface area (Å²) in [5, 5.41) is 20.6. The lowest BCUT2D eigenvalue weighted by molar-refractivity contribution is 0.140. The van der Waals surface area contributed by atoms with Crippen LogP contribution < -0.4 is 0 Å². The van der Waals surface area contributed by atoms with E-state index in [0.717, 1.165) is 5.82 Å². The largest absolute Gasteiger partial charge is 0.392 e. The maximum absolute atomic E-state index is 9.51. The predicted octanol–water partition coefficient (Wildman–Crippen LogP) is 0.0845. The summed E-state index contributed by atoms with van der Waals surface area (Å²) in [4.78, 5) is 0. The average Bonchev–Trinajstić information content (AvgIpc) is 2.48. The van der Waals surface area contributed by atoms with Gasteiger partial charge in [0.25, 0.3) is 0 Å². The molecular weight excluding hydrogens is 156 g/mol. The Bertz CT molecular complexity index is 247. The third-order valence-corrected chi connectivity index (χ3v) is 2.06. The maximum Gasteiger partial charge on any atom is 0.156 e. The lowest BCUT2D eigenvalue weighted by Gasteiger charge is -2.14. The molecule has 0 aliphatic rings. The van der Waals surface area contributed by atoms with Gasteiger partial charge in [-0.15, -0.1) is 5.10 Å². The highest BCUT2D eigenvalue weighted by Crippen LogP contribution is 2.16. The summed E-state index contributed by atoms with van der Waals surface area (Å²) >= 11 is 0. The molecule has 0 bridgehead atoms. The number of nitrogens with zero attached hydrogens (tertiary/aromatic N) is 4. The van der Waals surface area contributed by atoms with E-state index < -0.39 is 0 Å². The summed E-state index contributed by atoms with van der Waals surface area (Å²) < 4.78 is 1.59. The highest BCUT2D eigenvalue weighted by molar-refractivity contribution is 4.93. The van der Waals surface area contributed by atoms with Crippen molar-refractivity contribution in [1.29, 1.82) is 0 Å². The van der Waals surface area contributed by atoms with Gasteiger partial charge < -0.3 is 5.11 Å². The topological polar surface area (TPSA) is 63.8 Å². The van der Waals surface area contributed by atoms with Gasteiger partial charge in [0.2, 0.25) is 0 Å². The van der Waals surface area contributed by atoms with Crippen LogP contribution in [-0.2, 0) is 7.05 Å². The second-order valence-electron chi connectivity index (χ2n) is 2.92. The minimum Gasteiger partial charge on any atom is -0.392 e. The highest BCUT2D eigenvalue weighted by atomic mass is 16.3. The van der Waals surface area contributed by atoms with Gasteiger partial charge in [-0.05, 0) is 16.8 Å². The molecule has 0 amide bonds. The number of aliphatic hydroxyl groups excluding tert-OH is 1. The molecule has 0 spiro atoms. The first kappa shape index (κ1) is 9.12. The van der Waals surface area contributed by atoms with Gasteiger partial charge in [-0.1, -0.05) is 13.8 Å². The van der Waals surface area contributed by atoms with E-state index in [1.807, 2.05) is 13.8 Å². The Morgan fingerprint density at radius 3 is 2.67 bits per heavy atom. The lowest BCUT2D eigenvalue weighted by atomic mass is 10.0. The molecule has 0 aliphatic heterocycles. The van der Waals surface area contributed by atoms with Gasteiger partial charge in [0, 0.05) is 13.0 Å². The van der Waals surface area contributed by atoms with Crippen LogP contribution in [0.25, 0.3) is 0 Å². The normalized spacial score (nSPS) is 16.0. The van der Waals surface area contributed by atoms with E-state index in [4.69, 9.17) is 0 Å².